The van der Waals surface area contributed by atoms with Gasteiger partial charge in [-0.1, -0.05) is 30.3 Å². The summed E-state index contributed by atoms with van der Waals surface area (Å²) in [5, 5.41) is 3.02. The van der Waals surface area contributed by atoms with Crippen LogP contribution in [0.1, 0.15) is 42.5 Å². The van der Waals surface area contributed by atoms with E-state index < -0.39 is 12.1 Å². The number of esters is 1. The van der Waals surface area contributed by atoms with Crippen molar-refractivity contribution >= 4 is 18.0 Å². The third kappa shape index (κ3) is 4.64. The Hall–Kier alpha value is -3.28. The minimum Gasteiger partial charge on any atom is -0.486 e. The molecule has 1 amide bonds. The van der Waals surface area contributed by atoms with Gasteiger partial charge < -0.3 is 19.5 Å². The molecule has 0 fully saturated rings. The van der Waals surface area contributed by atoms with E-state index in [1.165, 1.54) is 11.6 Å². The van der Waals surface area contributed by atoms with Crippen LogP contribution in [-0.4, -0.2) is 31.2 Å². The van der Waals surface area contributed by atoms with Crippen molar-refractivity contribution in [2.75, 3.05) is 13.2 Å². The van der Waals surface area contributed by atoms with Gasteiger partial charge in [0.15, 0.2) is 17.6 Å². The summed E-state index contributed by atoms with van der Waals surface area (Å²) in [7, 11) is 0. The molecule has 0 aromatic heterocycles. The van der Waals surface area contributed by atoms with Crippen molar-refractivity contribution in [3.05, 3.63) is 65.2 Å². The molecule has 0 saturated carbocycles. The monoisotopic (exact) mass is 407 g/mol. The summed E-state index contributed by atoms with van der Waals surface area (Å²) >= 11 is 0. The van der Waals surface area contributed by atoms with Crippen molar-refractivity contribution in [2.24, 2.45) is 0 Å². The summed E-state index contributed by atoms with van der Waals surface area (Å²) in [6, 6.07) is 13.5. The molecule has 1 aliphatic heterocycles. The Morgan fingerprint density at radius 1 is 1.13 bits per heavy atom. The van der Waals surface area contributed by atoms with Crippen molar-refractivity contribution in [2.45, 2.75) is 38.3 Å². The van der Waals surface area contributed by atoms with Crippen LogP contribution in [0.4, 0.5) is 0 Å². The minimum absolute atomic E-state index is 0.0446. The summed E-state index contributed by atoms with van der Waals surface area (Å²) in [4.78, 5) is 24.7. The average molecular weight is 407 g/mol. The highest BCUT2D eigenvalue weighted by atomic mass is 16.6. The number of nitrogens with one attached hydrogen (secondary N) is 1. The number of hydrogen-bond donors (Lipinski definition) is 1. The normalized spacial score (nSPS) is 18.4. The fourth-order valence-electron chi connectivity index (χ4n) is 3.79. The number of carbonyl (C=O) groups is 2. The first-order valence-electron chi connectivity index (χ1n) is 10.3. The highest BCUT2D eigenvalue weighted by Crippen LogP contribution is 2.31. The topological polar surface area (TPSA) is 73.9 Å². The Morgan fingerprint density at radius 2 is 1.93 bits per heavy atom. The summed E-state index contributed by atoms with van der Waals surface area (Å²) in [5.74, 6) is 0.474. The van der Waals surface area contributed by atoms with Crippen LogP contribution in [0.5, 0.6) is 11.5 Å². The predicted molar refractivity (Wildman–Crippen MR) is 112 cm³/mol. The molecule has 0 saturated heterocycles. The number of hydrogen-bond acceptors (Lipinski definition) is 5. The van der Waals surface area contributed by atoms with Gasteiger partial charge in [-0.05, 0) is 61.1 Å². The van der Waals surface area contributed by atoms with Gasteiger partial charge in [-0.3, -0.25) is 4.79 Å². The Morgan fingerprint density at radius 3 is 2.80 bits per heavy atom. The lowest BCUT2D eigenvalue weighted by atomic mass is 9.87. The molecule has 2 aromatic rings. The second-order valence-electron chi connectivity index (χ2n) is 7.47. The van der Waals surface area contributed by atoms with Gasteiger partial charge in [-0.25, -0.2) is 4.79 Å². The van der Waals surface area contributed by atoms with Crippen LogP contribution in [0.3, 0.4) is 0 Å². The lowest BCUT2D eigenvalue weighted by Gasteiger charge is -2.27. The summed E-state index contributed by atoms with van der Waals surface area (Å²) in [6.45, 7) is 2.61. The quantitative estimate of drug-likeness (QED) is 0.606. The van der Waals surface area contributed by atoms with Gasteiger partial charge >= 0.3 is 5.97 Å². The number of ether oxygens (including phenoxy) is 3. The van der Waals surface area contributed by atoms with Crippen LogP contribution in [0.25, 0.3) is 6.08 Å². The average Bonchev–Trinajstić information content (AvgIpc) is 2.77. The van der Waals surface area contributed by atoms with Crippen molar-refractivity contribution < 1.29 is 23.8 Å². The van der Waals surface area contributed by atoms with Crippen molar-refractivity contribution in [3.63, 3.8) is 0 Å². The molecule has 1 heterocycles. The Labute approximate surface area is 175 Å². The second kappa shape index (κ2) is 9.03. The van der Waals surface area contributed by atoms with Gasteiger partial charge in [-0.2, -0.15) is 0 Å². The molecular formula is C24H25NO5. The molecule has 2 aromatic carbocycles. The van der Waals surface area contributed by atoms with Crippen LogP contribution in [0, 0.1) is 0 Å². The Kier molecular flexibility index (Phi) is 6.02. The largest absolute Gasteiger partial charge is 0.486 e. The van der Waals surface area contributed by atoms with E-state index in [-0.39, 0.29) is 11.9 Å². The number of carbonyl (C=O) groups excluding carboxylic acids is 2. The van der Waals surface area contributed by atoms with E-state index in [0.717, 1.165) is 30.4 Å². The Bertz CT molecular complexity index is 968. The van der Waals surface area contributed by atoms with Gasteiger partial charge in [0, 0.05) is 6.08 Å². The SMILES string of the molecule is C[C@H](OC(=O)/C=C/c1ccc2c(c1)OCCO2)C(=O)N[C@@H]1CCCc2ccccc21. The van der Waals surface area contributed by atoms with E-state index in [1.807, 2.05) is 24.3 Å². The second-order valence-corrected chi connectivity index (χ2v) is 7.47. The highest BCUT2D eigenvalue weighted by Gasteiger charge is 2.25. The van der Waals surface area contributed by atoms with E-state index in [9.17, 15) is 9.59 Å². The maximum atomic E-state index is 12.5. The zero-order valence-electron chi connectivity index (χ0n) is 16.9. The maximum absolute atomic E-state index is 12.5. The summed E-state index contributed by atoms with van der Waals surface area (Å²) in [5.41, 5.74) is 3.20. The minimum atomic E-state index is -0.878. The molecule has 1 aliphatic carbocycles. The first kappa shape index (κ1) is 20.0. The van der Waals surface area contributed by atoms with E-state index >= 15 is 0 Å². The number of fused-ring (bicyclic) bond motifs is 2. The fraction of sp³-hybridized carbons (Fsp3) is 0.333. The molecule has 156 valence electrons. The zero-order chi connectivity index (χ0) is 20.9. The van der Waals surface area contributed by atoms with E-state index in [2.05, 4.69) is 11.4 Å². The van der Waals surface area contributed by atoms with E-state index in [1.54, 1.807) is 25.1 Å². The number of benzene rings is 2. The van der Waals surface area contributed by atoms with Crippen LogP contribution < -0.4 is 14.8 Å². The molecule has 4 rings (SSSR count). The molecule has 0 unspecified atom stereocenters. The maximum Gasteiger partial charge on any atom is 0.331 e. The number of rotatable bonds is 5. The van der Waals surface area contributed by atoms with Gasteiger partial charge in [0.1, 0.15) is 13.2 Å². The van der Waals surface area contributed by atoms with Gasteiger partial charge in [-0.15, -0.1) is 0 Å². The van der Waals surface area contributed by atoms with Gasteiger partial charge in [0.05, 0.1) is 6.04 Å². The first-order chi connectivity index (χ1) is 14.6. The van der Waals surface area contributed by atoms with Crippen molar-refractivity contribution in [1.82, 2.24) is 5.32 Å². The first-order valence-corrected chi connectivity index (χ1v) is 10.3. The van der Waals surface area contributed by atoms with Gasteiger partial charge in [0.2, 0.25) is 0 Å². The van der Waals surface area contributed by atoms with Crippen LogP contribution in [-0.2, 0) is 20.7 Å². The third-order valence-corrected chi connectivity index (χ3v) is 5.33. The van der Waals surface area contributed by atoms with Gasteiger partial charge in [0.25, 0.3) is 5.91 Å². The smallest absolute Gasteiger partial charge is 0.331 e. The molecule has 0 spiro atoms. The predicted octanol–water partition coefficient (Wildman–Crippen LogP) is 3.60. The lowest BCUT2D eigenvalue weighted by molar-refractivity contribution is -0.150. The highest BCUT2D eigenvalue weighted by molar-refractivity contribution is 5.90. The zero-order valence-corrected chi connectivity index (χ0v) is 16.9. The van der Waals surface area contributed by atoms with Crippen LogP contribution in [0.2, 0.25) is 0 Å². The summed E-state index contributed by atoms with van der Waals surface area (Å²) < 4.78 is 16.3. The molecule has 0 bridgehead atoms. The van der Waals surface area contributed by atoms with Crippen molar-refractivity contribution in [1.29, 1.82) is 0 Å². The molecule has 2 atom stereocenters. The van der Waals surface area contributed by atoms with Crippen molar-refractivity contribution in [3.8, 4) is 11.5 Å². The lowest BCUT2D eigenvalue weighted by Crippen LogP contribution is -2.39. The van der Waals surface area contributed by atoms with E-state index in [4.69, 9.17) is 14.2 Å². The molecule has 2 aliphatic rings. The summed E-state index contributed by atoms with van der Waals surface area (Å²) in [6.07, 6.45) is 4.99. The number of aryl methyl sites for hydroxylation is 1. The fourth-order valence-corrected chi connectivity index (χ4v) is 3.79. The molecule has 6 nitrogen and oxygen atoms in total. The molecule has 6 heteroatoms. The molecule has 1 N–H and O–H groups in total. The molecule has 30 heavy (non-hydrogen) atoms. The number of amides is 1. The Balaban J connectivity index is 1.32. The van der Waals surface area contributed by atoms with Crippen LogP contribution >= 0.6 is 0 Å². The van der Waals surface area contributed by atoms with Crippen LogP contribution in [0.15, 0.2) is 48.5 Å². The van der Waals surface area contributed by atoms with E-state index in [0.29, 0.717) is 24.7 Å². The molecule has 0 radical (unpaired) electrons. The molecular weight excluding hydrogens is 382 g/mol. The standard InChI is InChI=1S/C24H25NO5/c1-16(24(27)25-20-8-4-6-18-5-2-3-7-19(18)20)30-23(26)12-10-17-9-11-21-22(15-17)29-14-13-28-21/h2-3,5,7,9-12,15-16,20H,4,6,8,13-14H2,1H3,(H,25,27)/b12-10+/t16-,20+/m0/s1. The third-order valence-electron chi connectivity index (χ3n) is 5.33.